The second kappa shape index (κ2) is 13.5. The average Bonchev–Trinajstić information content (AvgIpc) is 3.85. The molecule has 0 fully saturated rings. The Morgan fingerprint density at radius 2 is 0.821 bits per heavy atom. The van der Waals surface area contributed by atoms with E-state index in [2.05, 4.69) is 164 Å². The molecule has 0 N–H and O–H groups in total. The molecule has 3 nitrogen and oxygen atoms in total. The van der Waals surface area contributed by atoms with E-state index in [1.54, 1.807) is 11.3 Å². The molecule has 0 radical (unpaired) electrons. The van der Waals surface area contributed by atoms with Gasteiger partial charge in [0.15, 0.2) is 17.5 Å². The van der Waals surface area contributed by atoms with E-state index >= 15 is 0 Å². The van der Waals surface area contributed by atoms with Crippen LogP contribution in [0.25, 0.3) is 108 Å². The summed E-state index contributed by atoms with van der Waals surface area (Å²) in [6.45, 7) is 0. The summed E-state index contributed by atoms with van der Waals surface area (Å²) >= 11 is 3.67. The quantitative estimate of drug-likeness (QED) is 0.170. The summed E-state index contributed by atoms with van der Waals surface area (Å²) < 4.78 is 5.00. The molecule has 0 aliphatic rings. The maximum absolute atomic E-state index is 5.17. The number of hydrogen-bond acceptors (Lipinski definition) is 5. The van der Waals surface area contributed by atoms with Crippen LogP contribution in [0.1, 0.15) is 0 Å². The maximum Gasteiger partial charge on any atom is 0.165 e. The molecule has 0 aliphatic heterocycles. The van der Waals surface area contributed by atoms with E-state index < -0.39 is 0 Å². The van der Waals surface area contributed by atoms with Crippen molar-refractivity contribution in [2.45, 2.75) is 0 Å². The molecule has 3 heterocycles. The number of nitrogens with zero attached hydrogens (tertiary/aromatic N) is 3. The normalized spacial score (nSPS) is 11.6. The highest BCUT2D eigenvalue weighted by Crippen LogP contribution is 2.46. The van der Waals surface area contributed by atoms with Crippen molar-refractivity contribution in [3.8, 4) is 67.5 Å². The van der Waals surface area contributed by atoms with Crippen LogP contribution in [0.15, 0.2) is 188 Å². The van der Waals surface area contributed by atoms with Crippen molar-refractivity contribution in [2.24, 2.45) is 0 Å². The number of rotatable bonds is 6. The Kier molecular flexibility index (Phi) is 7.87. The average molecular weight is 750 g/mol. The molecule has 3 aromatic heterocycles. The van der Waals surface area contributed by atoms with Gasteiger partial charge in [-0.25, -0.2) is 15.0 Å². The van der Waals surface area contributed by atoms with Crippen molar-refractivity contribution >= 4 is 63.0 Å². The molecule has 0 saturated carbocycles. The number of fused-ring (bicyclic) bond motifs is 6. The largest absolute Gasteiger partial charge is 0.208 e. The van der Waals surface area contributed by atoms with Crippen LogP contribution in [0, 0.1) is 0 Å². The van der Waals surface area contributed by atoms with Gasteiger partial charge in [-0.2, -0.15) is 0 Å². The molecule has 56 heavy (non-hydrogen) atoms. The Labute approximate surface area is 331 Å². The minimum atomic E-state index is 0.652. The Morgan fingerprint density at radius 1 is 0.286 bits per heavy atom. The molecule has 0 aliphatic carbocycles. The van der Waals surface area contributed by atoms with Crippen molar-refractivity contribution in [3.05, 3.63) is 188 Å². The minimum Gasteiger partial charge on any atom is -0.208 e. The van der Waals surface area contributed by atoms with Gasteiger partial charge in [0.2, 0.25) is 0 Å². The van der Waals surface area contributed by atoms with Gasteiger partial charge < -0.3 is 0 Å². The minimum absolute atomic E-state index is 0.652. The lowest BCUT2D eigenvalue weighted by Crippen LogP contribution is -2.00. The molecule has 0 amide bonds. The Balaban J connectivity index is 1.07. The van der Waals surface area contributed by atoms with Crippen LogP contribution in [0.2, 0.25) is 0 Å². The SMILES string of the molecule is c1ccc(-c2ccc(-c3nc(-c4ccccc4)nc(-c4cccc5c4sc4ccc(-c6cc(-c7ccccc7)cc7sc8ccccc8c67)cc45)n3)cc2)cc1. The zero-order chi connectivity index (χ0) is 37.0. The van der Waals surface area contributed by atoms with Gasteiger partial charge in [0.05, 0.1) is 0 Å². The molecule has 0 atom stereocenters. The van der Waals surface area contributed by atoms with Gasteiger partial charge >= 0.3 is 0 Å². The van der Waals surface area contributed by atoms with E-state index in [4.69, 9.17) is 15.0 Å². The predicted octanol–water partition coefficient (Wildman–Crippen LogP) is 14.6. The van der Waals surface area contributed by atoms with Gasteiger partial charge in [-0.05, 0) is 69.8 Å². The smallest absolute Gasteiger partial charge is 0.165 e. The predicted molar refractivity (Wildman–Crippen MR) is 238 cm³/mol. The van der Waals surface area contributed by atoms with Crippen LogP contribution in [-0.4, -0.2) is 15.0 Å². The van der Waals surface area contributed by atoms with E-state index in [0.717, 1.165) is 22.3 Å². The van der Waals surface area contributed by atoms with Crippen molar-refractivity contribution < 1.29 is 0 Å². The third-order valence-electron chi connectivity index (χ3n) is 10.6. The monoisotopic (exact) mass is 749 g/mol. The van der Waals surface area contributed by atoms with E-state index in [9.17, 15) is 0 Å². The molecular formula is C51H31N3S2. The molecule has 0 saturated heterocycles. The van der Waals surface area contributed by atoms with Crippen molar-refractivity contribution in [1.29, 1.82) is 0 Å². The first-order valence-electron chi connectivity index (χ1n) is 18.7. The zero-order valence-corrected chi connectivity index (χ0v) is 31.7. The molecule has 262 valence electrons. The van der Waals surface area contributed by atoms with Crippen molar-refractivity contribution in [2.75, 3.05) is 0 Å². The summed E-state index contributed by atoms with van der Waals surface area (Å²) in [5, 5.41) is 5.05. The Morgan fingerprint density at radius 3 is 1.55 bits per heavy atom. The fraction of sp³-hybridized carbons (Fsp3) is 0. The van der Waals surface area contributed by atoms with Gasteiger partial charge in [0.1, 0.15) is 0 Å². The van der Waals surface area contributed by atoms with Crippen LogP contribution in [0.4, 0.5) is 0 Å². The highest BCUT2D eigenvalue weighted by Gasteiger charge is 2.19. The maximum atomic E-state index is 5.17. The first-order valence-corrected chi connectivity index (χ1v) is 20.3. The van der Waals surface area contributed by atoms with Crippen LogP contribution >= 0.6 is 22.7 Å². The molecule has 8 aromatic carbocycles. The first-order chi connectivity index (χ1) is 27.7. The molecule has 0 bridgehead atoms. The number of aromatic nitrogens is 3. The summed E-state index contributed by atoms with van der Waals surface area (Å²) in [4.78, 5) is 15.3. The summed E-state index contributed by atoms with van der Waals surface area (Å²) in [6, 6.07) is 66.8. The van der Waals surface area contributed by atoms with Gasteiger partial charge in [0, 0.05) is 57.0 Å². The van der Waals surface area contributed by atoms with Crippen LogP contribution < -0.4 is 0 Å². The van der Waals surface area contributed by atoms with Crippen molar-refractivity contribution in [1.82, 2.24) is 15.0 Å². The van der Waals surface area contributed by atoms with Crippen molar-refractivity contribution in [3.63, 3.8) is 0 Å². The summed E-state index contributed by atoms with van der Waals surface area (Å²) in [7, 11) is 0. The standard InChI is InChI=1S/C51H31N3S2/c1-4-13-32(14-5-1)34-23-25-36(26-24-34)50-52-49(35-17-8-3-9-18-35)53-51(54-50)41-21-12-20-39-43-29-37(27-28-45(43)56-48(39)41)42-30-38(33-15-6-2-7-16-33)31-46-47(42)40-19-10-11-22-44(40)55-46/h1-31H. The van der Waals surface area contributed by atoms with E-state index in [1.165, 1.54) is 68.2 Å². The molecule has 11 rings (SSSR count). The van der Waals surface area contributed by atoms with Gasteiger partial charge in [-0.15, -0.1) is 22.7 Å². The molecular weight excluding hydrogens is 719 g/mol. The highest BCUT2D eigenvalue weighted by molar-refractivity contribution is 7.26. The van der Waals surface area contributed by atoms with E-state index in [-0.39, 0.29) is 0 Å². The highest BCUT2D eigenvalue weighted by atomic mass is 32.1. The lowest BCUT2D eigenvalue weighted by molar-refractivity contribution is 1.08. The van der Waals surface area contributed by atoms with Crippen LogP contribution in [0.3, 0.4) is 0 Å². The molecule has 11 aromatic rings. The fourth-order valence-corrected chi connectivity index (χ4v) is 10.2. The lowest BCUT2D eigenvalue weighted by Gasteiger charge is -2.10. The Hall–Kier alpha value is -6.79. The molecule has 0 unspecified atom stereocenters. The van der Waals surface area contributed by atoms with Gasteiger partial charge in [-0.1, -0.05) is 152 Å². The molecule has 5 heteroatoms. The van der Waals surface area contributed by atoms with Gasteiger partial charge in [-0.3, -0.25) is 0 Å². The fourth-order valence-electron chi connectivity index (χ4n) is 7.81. The number of thiophene rings is 2. The first kappa shape index (κ1) is 32.6. The zero-order valence-electron chi connectivity index (χ0n) is 30.1. The number of hydrogen-bond donors (Lipinski definition) is 0. The summed E-state index contributed by atoms with van der Waals surface area (Å²) in [6.07, 6.45) is 0. The third-order valence-corrected chi connectivity index (χ3v) is 12.9. The van der Waals surface area contributed by atoms with Gasteiger partial charge in [0.25, 0.3) is 0 Å². The van der Waals surface area contributed by atoms with E-state index in [1.807, 2.05) is 35.6 Å². The summed E-state index contributed by atoms with van der Waals surface area (Å²) in [5.74, 6) is 1.97. The Bertz CT molecular complexity index is 3220. The lowest BCUT2D eigenvalue weighted by atomic mass is 9.94. The second-order valence-electron chi connectivity index (χ2n) is 14.0. The van der Waals surface area contributed by atoms with E-state index in [0.29, 0.717) is 17.5 Å². The molecule has 0 spiro atoms. The third kappa shape index (κ3) is 5.68. The number of benzene rings is 8. The summed E-state index contributed by atoms with van der Waals surface area (Å²) in [5.41, 5.74) is 10.2. The van der Waals surface area contributed by atoms with Crippen LogP contribution in [-0.2, 0) is 0 Å². The second-order valence-corrected chi connectivity index (χ2v) is 16.1. The van der Waals surface area contributed by atoms with Crippen LogP contribution in [0.5, 0.6) is 0 Å². The topological polar surface area (TPSA) is 38.7 Å².